The predicted octanol–water partition coefficient (Wildman–Crippen LogP) is 7.34. The number of phenolic OH excluding ortho intramolecular Hbond substituents is 1. The number of hydrogen-bond acceptors (Lipinski definition) is 3. The SMILES string of the molecule is Oc1c(Cl)cc(NCc2cc(Cl)ccc2OCc2c(F)cccc2Cl)cc1Cl. The summed E-state index contributed by atoms with van der Waals surface area (Å²) in [6.45, 7) is 0.301. The number of anilines is 1. The van der Waals surface area contributed by atoms with Crippen molar-refractivity contribution >= 4 is 52.1 Å². The molecule has 0 aromatic heterocycles. The first kappa shape index (κ1) is 20.9. The molecule has 0 heterocycles. The summed E-state index contributed by atoms with van der Waals surface area (Å²) in [6, 6.07) is 12.7. The third-order valence-electron chi connectivity index (χ3n) is 3.96. The molecule has 0 bridgehead atoms. The van der Waals surface area contributed by atoms with Gasteiger partial charge < -0.3 is 15.2 Å². The fourth-order valence-corrected chi connectivity index (χ4v) is 3.41. The van der Waals surface area contributed by atoms with Crippen molar-refractivity contribution in [3.8, 4) is 11.5 Å². The Labute approximate surface area is 181 Å². The second kappa shape index (κ2) is 9.10. The Morgan fingerprint density at radius 1 is 0.929 bits per heavy atom. The van der Waals surface area contributed by atoms with E-state index in [0.29, 0.717) is 28.0 Å². The number of ether oxygens (including phenoxy) is 1. The molecule has 3 aromatic rings. The minimum atomic E-state index is -0.436. The second-order valence-electron chi connectivity index (χ2n) is 5.88. The van der Waals surface area contributed by atoms with Gasteiger partial charge in [-0.1, -0.05) is 52.5 Å². The zero-order chi connectivity index (χ0) is 20.3. The van der Waals surface area contributed by atoms with E-state index in [0.717, 1.165) is 5.56 Å². The molecule has 0 spiro atoms. The Hall–Kier alpha value is -1.85. The van der Waals surface area contributed by atoms with Crippen molar-refractivity contribution in [1.29, 1.82) is 0 Å². The number of halogens is 5. The smallest absolute Gasteiger partial charge is 0.152 e. The van der Waals surface area contributed by atoms with E-state index in [-0.39, 0.29) is 28.0 Å². The monoisotopic (exact) mass is 459 g/mol. The molecule has 0 saturated carbocycles. The van der Waals surface area contributed by atoms with Gasteiger partial charge in [0.05, 0.1) is 15.1 Å². The van der Waals surface area contributed by atoms with Gasteiger partial charge in [-0.3, -0.25) is 0 Å². The standard InChI is InChI=1S/C20H14Cl4FNO2/c21-12-4-5-19(28-10-14-15(22)2-1-3-18(14)25)11(6-12)9-26-13-7-16(23)20(27)17(24)8-13/h1-8,26-27H,9-10H2. The molecule has 0 aliphatic heterocycles. The average molecular weight is 461 g/mol. The quantitative estimate of drug-likeness (QED) is 0.378. The first-order valence-corrected chi connectivity index (χ1v) is 9.62. The molecule has 0 saturated heterocycles. The highest BCUT2D eigenvalue weighted by molar-refractivity contribution is 6.37. The lowest BCUT2D eigenvalue weighted by atomic mass is 10.2. The predicted molar refractivity (Wildman–Crippen MR) is 113 cm³/mol. The van der Waals surface area contributed by atoms with E-state index >= 15 is 0 Å². The van der Waals surface area contributed by atoms with E-state index < -0.39 is 5.82 Å². The zero-order valence-electron chi connectivity index (χ0n) is 14.3. The average Bonchev–Trinajstić information content (AvgIpc) is 2.65. The summed E-state index contributed by atoms with van der Waals surface area (Å²) >= 11 is 24.0. The van der Waals surface area contributed by atoms with Gasteiger partial charge in [-0.05, 0) is 42.5 Å². The van der Waals surface area contributed by atoms with Gasteiger partial charge in [0.2, 0.25) is 0 Å². The molecule has 0 aliphatic rings. The maximum atomic E-state index is 14.0. The summed E-state index contributed by atoms with van der Waals surface area (Å²) in [4.78, 5) is 0. The van der Waals surface area contributed by atoms with Crippen LogP contribution in [0.5, 0.6) is 11.5 Å². The molecule has 0 amide bonds. The van der Waals surface area contributed by atoms with E-state index in [1.807, 2.05) is 0 Å². The molecule has 0 aliphatic carbocycles. The van der Waals surface area contributed by atoms with Crippen molar-refractivity contribution in [3.05, 3.63) is 85.6 Å². The summed E-state index contributed by atoms with van der Waals surface area (Å²) in [7, 11) is 0. The van der Waals surface area contributed by atoms with Crippen molar-refractivity contribution in [1.82, 2.24) is 0 Å². The van der Waals surface area contributed by atoms with E-state index in [2.05, 4.69) is 5.32 Å². The normalized spacial score (nSPS) is 10.8. The van der Waals surface area contributed by atoms with Crippen LogP contribution in [0.3, 0.4) is 0 Å². The first-order chi connectivity index (χ1) is 13.3. The van der Waals surface area contributed by atoms with Crippen LogP contribution in [0.1, 0.15) is 11.1 Å². The molecule has 0 atom stereocenters. The van der Waals surface area contributed by atoms with E-state index in [1.165, 1.54) is 12.1 Å². The van der Waals surface area contributed by atoms with Crippen molar-refractivity contribution in [2.75, 3.05) is 5.32 Å². The molecule has 28 heavy (non-hydrogen) atoms. The Balaban J connectivity index is 1.77. The van der Waals surface area contributed by atoms with Gasteiger partial charge in [0, 0.05) is 28.4 Å². The maximum Gasteiger partial charge on any atom is 0.152 e. The summed E-state index contributed by atoms with van der Waals surface area (Å²) < 4.78 is 19.7. The number of nitrogens with one attached hydrogen (secondary N) is 1. The summed E-state index contributed by atoms with van der Waals surface area (Å²) in [5.41, 5.74) is 1.62. The Morgan fingerprint density at radius 3 is 2.32 bits per heavy atom. The largest absolute Gasteiger partial charge is 0.505 e. The number of aromatic hydroxyl groups is 1. The molecule has 0 fully saturated rings. The maximum absolute atomic E-state index is 14.0. The molecule has 8 heteroatoms. The summed E-state index contributed by atoms with van der Waals surface area (Å²) in [6.07, 6.45) is 0. The molecule has 0 unspecified atom stereocenters. The van der Waals surface area contributed by atoms with Crippen LogP contribution in [0.25, 0.3) is 0 Å². The van der Waals surface area contributed by atoms with Crippen LogP contribution in [0, 0.1) is 5.82 Å². The van der Waals surface area contributed by atoms with Gasteiger partial charge in [0.15, 0.2) is 5.75 Å². The fraction of sp³-hybridized carbons (Fsp3) is 0.100. The van der Waals surface area contributed by atoms with Crippen LogP contribution >= 0.6 is 46.4 Å². The van der Waals surface area contributed by atoms with Gasteiger partial charge in [-0.2, -0.15) is 0 Å². The lowest BCUT2D eigenvalue weighted by Crippen LogP contribution is -2.05. The van der Waals surface area contributed by atoms with Crippen LogP contribution in [-0.2, 0) is 13.2 Å². The minimum absolute atomic E-state index is 0.0307. The summed E-state index contributed by atoms with van der Waals surface area (Å²) in [5.74, 6) is -0.0934. The first-order valence-electron chi connectivity index (χ1n) is 8.11. The number of benzene rings is 3. The fourth-order valence-electron chi connectivity index (χ4n) is 2.51. The summed E-state index contributed by atoms with van der Waals surface area (Å²) in [5, 5.41) is 13.9. The van der Waals surface area contributed by atoms with Crippen LogP contribution in [0.15, 0.2) is 48.5 Å². The van der Waals surface area contributed by atoms with Crippen molar-refractivity contribution < 1.29 is 14.2 Å². The van der Waals surface area contributed by atoms with E-state index in [1.54, 1.807) is 36.4 Å². The molecule has 0 radical (unpaired) electrons. The van der Waals surface area contributed by atoms with E-state index in [9.17, 15) is 9.50 Å². The molecular formula is C20H14Cl4FNO2. The van der Waals surface area contributed by atoms with E-state index in [4.69, 9.17) is 51.1 Å². The number of hydrogen-bond donors (Lipinski definition) is 2. The highest BCUT2D eigenvalue weighted by Gasteiger charge is 2.11. The third-order valence-corrected chi connectivity index (χ3v) is 5.12. The highest BCUT2D eigenvalue weighted by atomic mass is 35.5. The van der Waals surface area contributed by atoms with Crippen molar-refractivity contribution in [3.63, 3.8) is 0 Å². The Morgan fingerprint density at radius 2 is 1.64 bits per heavy atom. The van der Waals surface area contributed by atoms with Gasteiger partial charge in [0.25, 0.3) is 0 Å². The minimum Gasteiger partial charge on any atom is -0.505 e. The molecule has 3 rings (SSSR count). The lowest BCUT2D eigenvalue weighted by Gasteiger charge is -2.15. The van der Waals surface area contributed by atoms with Gasteiger partial charge in [-0.15, -0.1) is 0 Å². The van der Waals surface area contributed by atoms with Gasteiger partial charge >= 0.3 is 0 Å². The lowest BCUT2D eigenvalue weighted by molar-refractivity contribution is 0.297. The van der Waals surface area contributed by atoms with Crippen LogP contribution < -0.4 is 10.1 Å². The second-order valence-corrected chi connectivity index (χ2v) is 7.54. The zero-order valence-corrected chi connectivity index (χ0v) is 17.3. The van der Waals surface area contributed by atoms with Crippen LogP contribution in [0.2, 0.25) is 20.1 Å². The molecular weight excluding hydrogens is 447 g/mol. The number of phenols is 1. The topological polar surface area (TPSA) is 41.5 Å². The Kier molecular flexibility index (Phi) is 6.78. The van der Waals surface area contributed by atoms with Crippen molar-refractivity contribution in [2.45, 2.75) is 13.2 Å². The molecule has 3 nitrogen and oxygen atoms in total. The Bertz CT molecular complexity index is 970. The van der Waals surface area contributed by atoms with Crippen LogP contribution in [0.4, 0.5) is 10.1 Å². The van der Waals surface area contributed by atoms with Crippen LogP contribution in [-0.4, -0.2) is 5.11 Å². The highest BCUT2D eigenvalue weighted by Crippen LogP contribution is 2.35. The van der Waals surface area contributed by atoms with Gasteiger partial charge in [0.1, 0.15) is 18.2 Å². The molecule has 2 N–H and O–H groups in total. The third kappa shape index (κ3) is 4.95. The van der Waals surface area contributed by atoms with Gasteiger partial charge in [-0.25, -0.2) is 4.39 Å². The molecule has 3 aromatic carbocycles. The van der Waals surface area contributed by atoms with Crippen molar-refractivity contribution in [2.24, 2.45) is 0 Å². The molecule has 146 valence electrons. The number of rotatable bonds is 6.